The van der Waals surface area contributed by atoms with Crippen molar-refractivity contribution in [3.63, 3.8) is 0 Å². The van der Waals surface area contributed by atoms with Crippen LogP contribution in [0.2, 0.25) is 0 Å². The SMILES string of the molecule is COCC(=O)Nc1nc(-c2ccco2)c(C(=O)C2CCOCC2)s1. The van der Waals surface area contributed by atoms with Gasteiger partial charge in [-0.05, 0) is 25.0 Å². The summed E-state index contributed by atoms with van der Waals surface area (Å²) in [6.07, 6.45) is 2.92. The average Bonchev–Trinajstić information content (AvgIpc) is 3.24. The first-order valence-electron chi connectivity index (χ1n) is 7.64. The monoisotopic (exact) mass is 350 g/mol. The molecular formula is C16H18N2O5S. The lowest BCUT2D eigenvalue weighted by Crippen LogP contribution is -2.23. The van der Waals surface area contributed by atoms with Crippen molar-refractivity contribution in [3.8, 4) is 11.5 Å². The van der Waals surface area contributed by atoms with Gasteiger partial charge < -0.3 is 13.9 Å². The standard InChI is InChI=1S/C16H18N2O5S/c1-21-9-12(19)17-16-18-13(11-3-2-6-23-11)15(24-16)14(20)10-4-7-22-8-5-10/h2-3,6,10H,4-5,7-9H2,1H3,(H,17,18,19). The second-order valence-electron chi connectivity index (χ2n) is 5.41. The summed E-state index contributed by atoms with van der Waals surface area (Å²) in [5.41, 5.74) is 0.467. The van der Waals surface area contributed by atoms with Gasteiger partial charge in [-0.15, -0.1) is 0 Å². The van der Waals surface area contributed by atoms with Gasteiger partial charge in [-0.2, -0.15) is 0 Å². The Kier molecular flexibility index (Phi) is 5.39. The third kappa shape index (κ3) is 3.72. The number of Topliss-reactive ketones (excluding diaryl/α,β-unsaturated/α-hetero) is 1. The molecule has 2 aromatic rings. The number of hydrogen-bond acceptors (Lipinski definition) is 7. The molecular weight excluding hydrogens is 332 g/mol. The van der Waals surface area contributed by atoms with Crippen molar-refractivity contribution in [2.45, 2.75) is 12.8 Å². The highest BCUT2D eigenvalue weighted by Gasteiger charge is 2.29. The molecule has 8 heteroatoms. The molecule has 7 nitrogen and oxygen atoms in total. The Bertz CT molecular complexity index is 704. The van der Waals surface area contributed by atoms with Gasteiger partial charge in [0.1, 0.15) is 17.2 Å². The van der Waals surface area contributed by atoms with E-state index in [1.807, 2.05) is 0 Å². The number of carbonyl (C=O) groups excluding carboxylic acids is 2. The van der Waals surface area contributed by atoms with E-state index < -0.39 is 0 Å². The fourth-order valence-corrected chi connectivity index (χ4v) is 3.56. The predicted octanol–water partition coefficient (Wildman–Crippen LogP) is 2.60. The Labute approximate surface area is 143 Å². The van der Waals surface area contributed by atoms with Crippen molar-refractivity contribution in [1.82, 2.24) is 4.98 Å². The highest BCUT2D eigenvalue weighted by atomic mass is 32.1. The Morgan fingerprint density at radius 1 is 1.42 bits per heavy atom. The third-order valence-corrected chi connectivity index (χ3v) is 4.70. The first-order chi connectivity index (χ1) is 11.7. The topological polar surface area (TPSA) is 90.7 Å². The molecule has 0 bridgehead atoms. The van der Waals surface area contributed by atoms with E-state index in [4.69, 9.17) is 13.9 Å². The molecule has 1 saturated heterocycles. The van der Waals surface area contributed by atoms with Gasteiger partial charge in [-0.3, -0.25) is 14.9 Å². The van der Waals surface area contributed by atoms with Crippen LogP contribution in [0.1, 0.15) is 22.5 Å². The number of rotatable bonds is 6. The van der Waals surface area contributed by atoms with Crippen LogP contribution in [-0.2, 0) is 14.3 Å². The lowest BCUT2D eigenvalue weighted by atomic mass is 9.94. The molecule has 1 N–H and O–H groups in total. The molecule has 1 fully saturated rings. The van der Waals surface area contributed by atoms with Crippen LogP contribution < -0.4 is 5.32 Å². The second kappa shape index (κ2) is 7.69. The predicted molar refractivity (Wildman–Crippen MR) is 88.2 cm³/mol. The van der Waals surface area contributed by atoms with Crippen LogP contribution in [0.15, 0.2) is 22.8 Å². The van der Waals surface area contributed by atoms with Gasteiger partial charge in [0.05, 0.1) is 6.26 Å². The Morgan fingerprint density at radius 2 is 2.21 bits per heavy atom. The lowest BCUT2D eigenvalue weighted by Gasteiger charge is -2.20. The van der Waals surface area contributed by atoms with E-state index in [0.29, 0.717) is 47.5 Å². The Balaban J connectivity index is 1.89. The number of aromatic nitrogens is 1. The van der Waals surface area contributed by atoms with Crippen LogP contribution >= 0.6 is 11.3 Å². The number of carbonyl (C=O) groups is 2. The van der Waals surface area contributed by atoms with Crippen LogP contribution in [0.5, 0.6) is 0 Å². The van der Waals surface area contributed by atoms with Gasteiger partial charge in [-0.25, -0.2) is 4.98 Å². The smallest absolute Gasteiger partial charge is 0.252 e. The number of methoxy groups -OCH3 is 1. The highest BCUT2D eigenvalue weighted by Crippen LogP contribution is 2.35. The molecule has 0 unspecified atom stereocenters. The van der Waals surface area contributed by atoms with Gasteiger partial charge in [0.15, 0.2) is 16.7 Å². The minimum absolute atomic E-state index is 0.0226. The summed E-state index contributed by atoms with van der Waals surface area (Å²) in [5, 5.41) is 3.01. The molecule has 2 aromatic heterocycles. The number of furan rings is 1. The summed E-state index contributed by atoms with van der Waals surface area (Å²) >= 11 is 1.16. The number of thiazole rings is 1. The van der Waals surface area contributed by atoms with E-state index in [0.717, 1.165) is 11.3 Å². The van der Waals surface area contributed by atoms with E-state index >= 15 is 0 Å². The van der Waals surface area contributed by atoms with Crippen LogP contribution in [0, 0.1) is 5.92 Å². The molecule has 128 valence electrons. The van der Waals surface area contributed by atoms with E-state index in [1.54, 1.807) is 12.1 Å². The maximum atomic E-state index is 12.9. The number of nitrogens with zero attached hydrogens (tertiary/aromatic N) is 1. The van der Waals surface area contributed by atoms with Crippen molar-refractivity contribution in [2.75, 3.05) is 32.2 Å². The van der Waals surface area contributed by atoms with Crippen molar-refractivity contribution >= 4 is 28.2 Å². The van der Waals surface area contributed by atoms with E-state index in [9.17, 15) is 9.59 Å². The zero-order valence-corrected chi connectivity index (χ0v) is 14.1. The molecule has 1 amide bonds. The molecule has 0 saturated carbocycles. The normalized spacial score (nSPS) is 15.4. The number of ether oxygens (including phenoxy) is 2. The van der Waals surface area contributed by atoms with Gasteiger partial charge in [-0.1, -0.05) is 11.3 Å². The number of amides is 1. The minimum atomic E-state index is -0.317. The fraction of sp³-hybridized carbons (Fsp3) is 0.438. The summed E-state index contributed by atoms with van der Waals surface area (Å²) in [7, 11) is 1.44. The van der Waals surface area contributed by atoms with E-state index in [-0.39, 0.29) is 24.2 Å². The highest BCUT2D eigenvalue weighted by molar-refractivity contribution is 7.18. The number of anilines is 1. The maximum Gasteiger partial charge on any atom is 0.252 e. The zero-order chi connectivity index (χ0) is 16.9. The molecule has 24 heavy (non-hydrogen) atoms. The molecule has 3 heterocycles. The summed E-state index contributed by atoms with van der Waals surface area (Å²) in [6, 6.07) is 3.48. The van der Waals surface area contributed by atoms with Gasteiger partial charge in [0.2, 0.25) is 0 Å². The van der Waals surface area contributed by atoms with Crippen LogP contribution in [-0.4, -0.2) is 43.6 Å². The molecule has 1 aliphatic heterocycles. The average molecular weight is 350 g/mol. The largest absolute Gasteiger partial charge is 0.463 e. The third-order valence-electron chi connectivity index (χ3n) is 3.72. The number of hydrogen-bond donors (Lipinski definition) is 1. The minimum Gasteiger partial charge on any atom is -0.463 e. The molecule has 0 spiro atoms. The van der Waals surface area contributed by atoms with Gasteiger partial charge >= 0.3 is 0 Å². The van der Waals surface area contributed by atoms with Crippen LogP contribution in [0.3, 0.4) is 0 Å². The zero-order valence-electron chi connectivity index (χ0n) is 13.2. The van der Waals surface area contributed by atoms with Crippen molar-refractivity contribution in [1.29, 1.82) is 0 Å². The summed E-state index contributed by atoms with van der Waals surface area (Å²) in [6.45, 7) is 1.10. The molecule has 0 atom stereocenters. The first kappa shape index (κ1) is 16.8. The van der Waals surface area contributed by atoms with E-state index in [2.05, 4.69) is 10.3 Å². The maximum absolute atomic E-state index is 12.9. The first-order valence-corrected chi connectivity index (χ1v) is 8.46. The van der Waals surface area contributed by atoms with Crippen LogP contribution in [0.25, 0.3) is 11.5 Å². The Hall–Kier alpha value is -2.03. The van der Waals surface area contributed by atoms with Crippen molar-refractivity contribution in [2.24, 2.45) is 5.92 Å². The molecule has 0 aromatic carbocycles. The second-order valence-corrected chi connectivity index (χ2v) is 6.41. The summed E-state index contributed by atoms with van der Waals surface area (Å²) in [5.74, 6) is 0.126. The molecule has 1 aliphatic rings. The molecule has 3 rings (SSSR count). The number of ketones is 1. The van der Waals surface area contributed by atoms with E-state index in [1.165, 1.54) is 13.4 Å². The quantitative estimate of drug-likeness (QED) is 0.805. The molecule has 0 radical (unpaired) electrons. The fourth-order valence-electron chi connectivity index (χ4n) is 2.55. The number of nitrogens with one attached hydrogen (secondary N) is 1. The van der Waals surface area contributed by atoms with Crippen molar-refractivity contribution in [3.05, 3.63) is 23.3 Å². The summed E-state index contributed by atoms with van der Waals surface area (Å²) < 4.78 is 15.5. The van der Waals surface area contributed by atoms with Crippen LogP contribution in [0.4, 0.5) is 5.13 Å². The molecule has 0 aliphatic carbocycles. The Morgan fingerprint density at radius 3 is 2.88 bits per heavy atom. The lowest BCUT2D eigenvalue weighted by molar-refractivity contribution is -0.119. The van der Waals surface area contributed by atoms with Gasteiger partial charge in [0.25, 0.3) is 5.91 Å². The van der Waals surface area contributed by atoms with Gasteiger partial charge in [0, 0.05) is 26.2 Å². The summed E-state index contributed by atoms with van der Waals surface area (Å²) in [4.78, 5) is 29.5. The van der Waals surface area contributed by atoms with Crippen molar-refractivity contribution < 1.29 is 23.5 Å².